The summed E-state index contributed by atoms with van der Waals surface area (Å²) in [6, 6.07) is 6.75. The van der Waals surface area contributed by atoms with Gasteiger partial charge in [0, 0.05) is 17.6 Å². The van der Waals surface area contributed by atoms with Gasteiger partial charge in [-0.05, 0) is 49.6 Å². The van der Waals surface area contributed by atoms with E-state index < -0.39 is 17.8 Å². The average Bonchev–Trinajstić information content (AvgIpc) is 2.57. The Hall–Kier alpha value is -2.95. The number of benzene rings is 1. The van der Waals surface area contributed by atoms with Crippen molar-refractivity contribution in [1.82, 2.24) is 0 Å². The molecule has 0 saturated carbocycles. The van der Waals surface area contributed by atoms with Gasteiger partial charge < -0.3 is 9.47 Å². The van der Waals surface area contributed by atoms with Crippen molar-refractivity contribution in [3.63, 3.8) is 0 Å². The Morgan fingerprint density at radius 1 is 0.960 bits per heavy atom. The number of hydrogen-bond acceptors (Lipinski definition) is 4. The van der Waals surface area contributed by atoms with Crippen LogP contribution < -0.4 is 4.74 Å². The largest absolute Gasteiger partial charge is 0.425 e. The smallest absolute Gasteiger partial charge is 0.338 e. The molecule has 0 saturated heterocycles. The second-order valence-electron chi connectivity index (χ2n) is 5.80. The van der Waals surface area contributed by atoms with Crippen LogP contribution >= 0.6 is 0 Å². The van der Waals surface area contributed by atoms with Crippen LogP contribution in [-0.4, -0.2) is 11.9 Å². The fourth-order valence-corrected chi connectivity index (χ4v) is 2.13. The summed E-state index contributed by atoms with van der Waals surface area (Å²) in [7, 11) is 0. The Balaban J connectivity index is 2.13. The Bertz CT molecular complexity index is 797. The molecule has 0 unspecified atom stereocenters. The van der Waals surface area contributed by atoms with Crippen molar-refractivity contribution in [1.29, 1.82) is 0 Å². The first-order valence-electron chi connectivity index (χ1n) is 7.73. The van der Waals surface area contributed by atoms with E-state index in [-0.39, 0.29) is 17.8 Å². The van der Waals surface area contributed by atoms with Crippen LogP contribution in [0.1, 0.15) is 32.3 Å². The summed E-state index contributed by atoms with van der Waals surface area (Å²) < 4.78 is 24.3. The fourth-order valence-electron chi connectivity index (χ4n) is 2.13. The summed E-state index contributed by atoms with van der Waals surface area (Å²) in [5.74, 6) is -1.30. The zero-order chi connectivity index (χ0) is 18.6. The Labute approximate surface area is 145 Å². The summed E-state index contributed by atoms with van der Waals surface area (Å²) in [6.45, 7) is 10.1. The summed E-state index contributed by atoms with van der Waals surface area (Å²) in [6.07, 6.45) is 2.15. The monoisotopic (exact) mass is 342 g/mol. The predicted octanol–water partition coefficient (Wildman–Crippen LogP) is 4.65. The number of allylic oxidation sites excluding steroid dienone is 4. The molecule has 1 aliphatic carbocycles. The van der Waals surface area contributed by atoms with E-state index in [1.807, 2.05) is 0 Å². The maximum absolute atomic E-state index is 14.2. The van der Waals surface area contributed by atoms with Gasteiger partial charge >= 0.3 is 11.9 Å². The standard InChI is InChI=1S/C20H19FO4/c1-12(2)19(22)24-16-8-5-14(6-9-16)15-7-10-18(17(21)11-15)25-20(23)13(3)4/h5-6,8-9,11H,1,3,7,10H2,2,4H3. The van der Waals surface area contributed by atoms with Gasteiger partial charge in [-0.25, -0.2) is 14.0 Å². The van der Waals surface area contributed by atoms with Gasteiger partial charge in [-0.15, -0.1) is 0 Å². The van der Waals surface area contributed by atoms with Crippen LogP contribution in [0.2, 0.25) is 0 Å². The topological polar surface area (TPSA) is 52.6 Å². The number of ether oxygens (including phenoxy) is 2. The average molecular weight is 342 g/mol. The first kappa shape index (κ1) is 18.4. The predicted molar refractivity (Wildman–Crippen MR) is 93.1 cm³/mol. The third-order valence-electron chi connectivity index (χ3n) is 3.54. The maximum atomic E-state index is 14.2. The van der Waals surface area contributed by atoms with Crippen LogP contribution in [0.25, 0.3) is 5.57 Å². The lowest BCUT2D eigenvalue weighted by atomic mass is 9.96. The molecule has 25 heavy (non-hydrogen) atoms. The molecule has 1 aromatic carbocycles. The van der Waals surface area contributed by atoms with E-state index in [4.69, 9.17) is 9.47 Å². The molecule has 1 aliphatic rings. The molecule has 1 aromatic rings. The van der Waals surface area contributed by atoms with Crippen LogP contribution in [0.15, 0.2) is 66.2 Å². The number of carbonyl (C=O) groups excluding carboxylic acids is 2. The molecule has 0 spiro atoms. The number of esters is 2. The normalized spacial score (nSPS) is 13.8. The van der Waals surface area contributed by atoms with E-state index >= 15 is 0 Å². The molecule has 130 valence electrons. The Kier molecular flexibility index (Phi) is 5.70. The van der Waals surface area contributed by atoms with E-state index in [0.717, 1.165) is 11.1 Å². The Morgan fingerprint density at radius 3 is 2.04 bits per heavy atom. The van der Waals surface area contributed by atoms with E-state index in [0.29, 0.717) is 17.7 Å². The highest BCUT2D eigenvalue weighted by Gasteiger charge is 2.19. The Morgan fingerprint density at radius 2 is 1.52 bits per heavy atom. The molecule has 0 atom stereocenters. The molecule has 0 aromatic heterocycles. The van der Waals surface area contributed by atoms with Crippen molar-refractivity contribution >= 4 is 17.5 Å². The van der Waals surface area contributed by atoms with E-state index in [9.17, 15) is 14.0 Å². The molecule has 0 amide bonds. The zero-order valence-electron chi connectivity index (χ0n) is 14.2. The number of halogens is 1. The number of hydrogen-bond donors (Lipinski definition) is 0. The maximum Gasteiger partial charge on any atom is 0.338 e. The lowest BCUT2D eigenvalue weighted by Crippen LogP contribution is -2.09. The molecule has 0 aliphatic heterocycles. The van der Waals surface area contributed by atoms with E-state index in [1.165, 1.54) is 13.0 Å². The van der Waals surface area contributed by atoms with Crippen molar-refractivity contribution in [2.45, 2.75) is 26.7 Å². The molecule has 5 heteroatoms. The lowest BCUT2D eigenvalue weighted by Gasteiger charge is -2.16. The summed E-state index contributed by atoms with van der Waals surface area (Å²) in [5, 5.41) is 0. The minimum Gasteiger partial charge on any atom is -0.425 e. The number of rotatable bonds is 5. The molecule has 0 heterocycles. The third kappa shape index (κ3) is 4.76. The van der Waals surface area contributed by atoms with Crippen molar-refractivity contribution in [3.8, 4) is 5.75 Å². The summed E-state index contributed by atoms with van der Waals surface area (Å²) >= 11 is 0. The number of carbonyl (C=O) groups is 2. The highest BCUT2D eigenvalue weighted by Crippen LogP contribution is 2.32. The highest BCUT2D eigenvalue weighted by molar-refractivity contribution is 5.89. The van der Waals surface area contributed by atoms with Gasteiger partial charge in [0.2, 0.25) is 0 Å². The van der Waals surface area contributed by atoms with Crippen molar-refractivity contribution in [3.05, 3.63) is 71.8 Å². The van der Waals surface area contributed by atoms with Gasteiger partial charge in [0.25, 0.3) is 0 Å². The fraction of sp³-hybridized carbons (Fsp3) is 0.200. The van der Waals surface area contributed by atoms with Gasteiger partial charge in [-0.1, -0.05) is 25.3 Å². The third-order valence-corrected chi connectivity index (χ3v) is 3.54. The van der Waals surface area contributed by atoms with Crippen LogP contribution in [0, 0.1) is 0 Å². The second-order valence-corrected chi connectivity index (χ2v) is 5.80. The van der Waals surface area contributed by atoms with Gasteiger partial charge in [0.05, 0.1) is 0 Å². The van der Waals surface area contributed by atoms with Crippen molar-refractivity contribution in [2.24, 2.45) is 0 Å². The highest BCUT2D eigenvalue weighted by atomic mass is 19.1. The van der Waals surface area contributed by atoms with Gasteiger partial charge in [0.1, 0.15) is 11.5 Å². The second kappa shape index (κ2) is 7.75. The minimum atomic E-state index is -0.634. The molecule has 4 nitrogen and oxygen atoms in total. The lowest BCUT2D eigenvalue weighted by molar-refractivity contribution is -0.135. The molecule has 2 rings (SSSR count). The van der Waals surface area contributed by atoms with Crippen LogP contribution in [0.5, 0.6) is 5.75 Å². The molecular formula is C20H19FO4. The molecule has 0 fully saturated rings. The molecule has 0 bridgehead atoms. The zero-order valence-corrected chi connectivity index (χ0v) is 14.2. The first-order valence-corrected chi connectivity index (χ1v) is 7.73. The molecular weight excluding hydrogens is 323 g/mol. The molecule has 0 radical (unpaired) electrons. The first-order chi connectivity index (χ1) is 11.8. The molecule has 0 N–H and O–H groups in total. The van der Waals surface area contributed by atoms with Gasteiger partial charge in [-0.3, -0.25) is 0 Å². The minimum absolute atomic E-state index is 0.0174. The van der Waals surface area contributed by atoms with Crippen LogP contribution in [-0.2, 0) is 14.3 Å². The summed E-state index contributed by atoms with van der Waals surface area (Å²) in [5.41, 5.74) is 2.10. The van der Waals surface area contributed by atoms with Crippen LogP contribution in [0.4, 0.5) is 4.39 Å². The van der Waals surface area contributed by atoms with E-state index in [2.05, 4.69) is 13.2 Å². The van der Waals surface area contributed by atoms with E-state index in [1.54, 1.807) is 31.2 Å². The summed E-state index contributed by atoms with van der Waals surface area (Å²) in [4.78, 5) is 23.0. The van der Waals surface area contributed by atoms with Crippen molar-refractivity contribution in [2.75, 3.05) is 0 Å². The quantitative estimate of drug-likeness (QED) is 0.444. The van der Waals surface area contributed by atoms with Crippen LogP contribution in [0.3, 0.4) is 0 Å². The van der Waals surface area contributed by atoms with Crippen molar-refractivity contribution < 1.29 is 23.5 Å². The van der Waals surface area contributed by atoms with Gasteiger partial charge in [0.15, 0.2) is 5.83 Å². The van der Waals surface area contributed by atoms with Gasteiger partial charge in [-0.2, -0.15) is 0 Å². The SMILES string of the molecule is C=C(C)C(=O)OC1=C(F)C=C(c2ccc(OC(=O)C(=C)C)cc2)CC1.